The molecule has 0 aliphatic carbocycles. The molecule has 0 spiro atoms. The smallest absolute Gasteiger partial charge is 0.290 e. The number of quaternary nitrogens is 1. The van der Waals surface area contributed by atoms with Gasteiger partial charge >= 0.3 is 0 Å². The maximum Gasteiger partial charge on any atom is 0.290 e. The second-order valence-corrected chi connectivity index (χ2v) is 8.50. The molecular formula is C26H27N2O6+. The minimum Gasteiger partial charge on any atom is -0.503 e. The number of para-hydroxylation sites is 2. The van der Waals surface area contributed by atoms with Crippen molar-refractivity contribution in [2.45, 2.75) is 6.04 Å². The number of aliphatic hydroxyl groups excluding tert-OH is 1. The molecule has 3 heterocycles. The lowest BCUT2D eigenvalue weighted by molar-refractivity contribution is -0.907. The average molecular weight is 464 g/mol. The SMILES string of the molecule is COc1ccccc1[C@H]1C(C(=O)c2cc3ccccc3o2)=C(O)C(=O)N1CC[NH+]1CCOCC1. The molecule has 1 saturated heterocycles. The standard InChI is InChI=1S/C26H26N2O6/c1-32-20-9-5-3-7-18(20)23-22(24(29)21-16-17-6-2-4-8-19(17)34-21)25(30)26(31)28(23)11-10-27-12-14-33-15-13-27/h2-9,16,23,30H,10-15H2,1H3/p+1/t23-/m0/s1. The molecule has 0 unspecified atom stereocenters. The van der Waals surface area contributed by atoms with Gasteiger partial charge in [-0.15, -0.1) is 0 Å². The van der Waals surface area contributed by atoms with E-state index in [0.717, 1.165) is 18.5 Å². The molecule has 8 nitrogen and oxygen atoms in total. The highest BCUT2D eigenvalue weighted by Crippen LogP contribution is 2.42. The Balaban J connectivity index is 1.53. The van der Waals surface area contributed by atoms with Gasteiger partial charge in [0.15, 0.2) is 11.5 Å². The van der Waals surface area contributed by atoms with E-state index in [0.29, 0.717) is 43.2 Å². The molecule has 1 amide bonds. The number of amides is 1. The summed E-state index contributed by atoms with van der Waals surface area (Å²) in [6, 6.07) is 15.4. The van der Waals surface area contributed by atoms with Crippen LogP contribution in [0.5, 0.6) is 5.75 Å². The number of hydrogen-bond acceptors (Lipinski definition) is 6. The fourth-order valence-corrected chi connectivity index (χ4v) is 4.75. The number of carbonyl (C=O) groups is 2. The molecule has 2 aliphatic heterocycles. The molecule has 2 aliphatic rings. The molecule has 2 N–H and O–H groups in total. The van der Waals surface area contributed by atoms with Crippen LogP contribution in [0.4, 0.5) is 0 Å². The van der Waals surface area contributed by atoms with Gasteiger partial charge in [-0.05, 0) is 18.2 Å². The van der Waals surface area contributed by atoms with Crippen molar-refractivity contribution in [3.63, 3.8) is 0 Å². The van der Waals surface area contributed by atoms with Crippen molar-refractivity contribution in [3.05, 3.63) is 77.3 Å². The predicted octanol–water partition coefficient (Wildman–Crippen LogP) is 1.93. The first-order chi connectivity index (χ1) is 16.6. The van der Waals surface area contributed by atoms with E-state index in [4.69, 9.17) is 13.9 Å². The van der Waals surface area contributed by atoms with Crippen LogP contribution in [0.1, 0.15) is 22.2 Å². The largest absolute Gasteiger partial charge is 0.503 e. The molecule has 176 valence electrons. The topological polar surface area (TPSA) is 93.7 Å². The quantitative estimate of drug-likeness (QED) is 0.520. The van der Waals surface area contributed by atoms with Gasteiger partial charge in [0.2, 0.25) is 5.78 Å². The Labute approximate surface area is 197 Å². The zero-order chi connectivity index (χ0) is 23.7. The molecule has 0 saturated carbocycles. The molecule has 3 aromatic rings. The molecule has 2 aromatic carbocycles. The molecule has 1 fully saturated rings. The Hall–Kier alpha value is -3.62. The Morgan fingerprint density at radius 2 is 1.88 bits per heavy atom. The van der Waals surface area contributed by atoms with Crippen molar-refractivity contribution in [2.24, 2.45) is 0 Å². The van der Waals surface area contributed by atoms with E-state index in [1.165, 1.54) is 4.90 Å². The second-order valence-electron chi connectivity index (χ2n) is 8.50. The molecule has 8 heteroatoms. The van der Waals surface area contributed by atoms with Gasteiger partial charge in [-0.25, -0.2) is 0 Å². The Kier molecular flexibility index (Phi) is 6.08. The number of methoxy groups -OCH3 is 1. The summed E-state index contributed by atoms with van der Waals surface area (Å²) in [5, 5.41) is 11.7. The molecule has 1 aromatic heterocycles. The number of carbonyl (C=O) groups excluding carboxylic acids is 2. The fraction of sp³-hybridized carbons (Fsp3) is 0.308. The normalized spacial score (nSPS) is 19.3. The Morgan fingerprint density at radius 1 is 1.15 bits per heavy atom. The highest BCUT2D eigenvalue weighted by molar-refractivity contribution is 6.16. The molecule has 1 atom stereocenters. The van der Waals surface area contributed by atoms with Crippen molar-refractivity contribution in [3.8, 4) is 5.75 Å². The number of rotatable bonds is 7. The van der Waals surface area contributed by atoms with Crippen LogP contribution in [0.2, 0.25) is 0 Å². The van der Waals surface area contributed by atoms with Crippen molar-refractivity contribution in [2.75, 3.05) is 46.5 Å². The number of fused-ring (bicyclic) bond motifs is 1. The number of ketones is 1. The zero-order valence-corrected chi connectivity index (χ0v) is 19.0. The summed E-state index contributed by atoms with van der Waals surface area (Å²) in [5.41, 5.74) is 1.21. The van der Waals surface area contributed by atoms with Crippen LogP contribution in [-0.2, 0) is 9.53 Å². The van der Waals surface area contributed by atoms with E-state index in [1.807, 2.05) is 36.4 Å². The van der Waals surface area contributed by atoms with Crippen molar-refractivity contribution >= 4 is 22.7 Å². The minimum atomic E-state index is -0.787. The van der Waals surface area contributed by atoms with E-state index < -0.39 is 23.5 Å². The lowest BCUT2D eigenvalue weighted by Gasteiger charge is -2.30. The lowest BCUT2D eigenvalue weighted by atomic mass is 9.94. The maximum atomic E-state index is 13.7. The van der Waals surface area contributed by atoms with Gasteiger partial charge < -0.3 is 28.8 Å². The number of aliphatic hydroxyl groups is 1. The molecule has 0 radical (unpaired) electrons. The molecule has 34 heavy (non-hydrogen) atoms. The number of furan rings is 1. The summed E-state index contributed by atoms with van der Waals surface area (Å²) in [6.07, 6.45) is 0. The maximum absolute atomic E-state index is 13.7. The van der Waals surface area contributed by atoms with E-state index in [-0.39, 0.29) is 11.3 Å². The molecular weight excluding hydrogens is 436 g/mol. The van der Waals surface area contributed by atoms with E-state index >= 15 is 0 Å². The second kappa shape index (κ2) is 9.32. The third-order valence-corrected chi connectivity index (χ3v) is 6.54. The lowest BCUT2D eigenvalue weighted by Crippen LogP contribution is -3.14. The zero-order valence-electron chi connectivity index (χ0n) is 19.0. The van der Waals surface area contributed by atoms with Gasteiger partial charge in [0.05, 0.1) is 45.0 Å². The number of ether oxygens (including phenoxy) is 2. The van der Waals surface area contributed by atoms with E-state index in [2.05, 4.69) is 0 Å². The highest BCUT2D eigenvalue weighted by atomic mass is 16.5. The number of Topliss-reactive ketones (excluding diaryl/α,β-unsaturated/α-hetero) is 1. The fourth-order valence-electron chi connectivity index (χ4n) is 4.75. The van der Waals surface area contributed by atoms with Crippen molar-refractivity contribution < 1.29 is 33.5 Å². The van der Waals surface area contributed by atoms with E-state index in [1.54, 1.807) is 30.2 Å². The Bertz CT molecular complexity index is 1220. The number of morpholine rings is 1. The third-order valence-electron chi connectivity index (χ3n) is 6.54. The monoisotopic (exact) mass is 463 g/mol. The van der Waals surface area contributed by atoms with Crippen LogP contribution in [0.15, 0.2) is 70.3 Å². The van der Waals surface area contributed by atoms with Gasteiger partial charge in [0.25, 0.3) is 5.91 Å². The number of nitrogens with one attached hydrogen (secondary N) is 1. The van der Waals surface area contributed by atoms with E-state index in [9.17, 15) is 14.7 Å². The molecule has 5 rings (SSSR count). The first-order valence-corrected chi connectivity index (χ1v) is 11.4. The van der Waals surface area contributed by atoms with Crippen LogP contribution in [-0.4, -0.2) is 68.2 Å². The average Bonchev–Trinajstić information content (AvgIpc) is 3.42. The summed E-state index contributed by atoms with van der Waals surface area (Å²) in [6.45, 7) is 4.12. The summed E-state index contributed by atoms with van der Waals surface area (Å²) < 4.78 is 16.8. The summed E-state index contributed by atoms with van der Waals surface area (Å²) in [7, 11) is 1.54. The summed E-state index contributed by atoms with van der Waals surface area (Å²) in [4.78, 5) is 29.8. The van der Waals surface area contributed by atoms with Gasteiger partial charge in [-0.3, -0.25) is 9.59 Å². The number of hydrogen-bond donors (Lipinski definition) is 2. The van der Waals surface area contributed by atoms with Gasteiger partial charge in [-0.2, -0.15) is 0 Å². The first-order valence-electron chi connectivity index (χ1n) is 11.4. The third kappa shape index (κ3) is 3.95. The van der Waals surface area contributed by atoms with Crippen molar-refractivity contribution in [1.29, 1.82) is 0 Å². The van der Waals surface area contributed by atoms with Gasteiger partial charge in [0, 0.05) is 10.9 Å². The van der Waals surface area contributed by atoms with Crippen molar-refractivity contribution in [1.82, 2.24) is 4.90 Å². The summed E-state index contributed by atoms with van der Waals surface area (Å²) in [5.74, 6) is -1.01. The number of benzene rings is 2. The van der Waals surface area contributed by atoms with Crippen LogP contribution < -0.4 is 9.64 Å². The predicted molar refractivity (Wildman–Crippen MR) is 124 cm³/mol. The Morgan fingerprint density at radius 3 is 2.65 bits per heavy atom. The number of nitrogens with zero attached hydrogens (tertiary/aromatic N) is 1. The van der Waals surface area contributed by atoms with Gasteiger partial charge in [-0.1, -0.05) is 36.4 Å². The van der Waals surface area contributed by atoms with Crippen LogP contribution in [0.25, 0.3) is 11.0 Å². The van der Waals surface area contributed by atoms with Gasteiger partial charge in [0.1, 0.15) is 24.4 Å². The first kappa shape index (κ1) is 22.2. The minimum absolute atomic E-state index is 0.00512. The van der Waals surface area contributed by atoms with Crippen LogP contribution in [0.3, 0.4) is 0 Å². The summed E-state index contributed by atoms with van der Waals surface area (Å²) >= 11 is 0. The van der Waals surface area contributed by atoms with Crippen LogP contribution in [0, 0.1) is 0 Å². The molecule has 0 bridgehead atoms. The van der Waals surface area contributed by atoms with Crippen LogP contribution >= 0.6 is 0 Å². The highest BCUT2D eigenvalue weighted by Gasteiger charge is 2.45.